The maximum atomic E-state index is 13.0. The number of hydrogen-bond donors (Lipinski definition) is 1. The van der Waals surface area contributed by atoms with E-state index in [-0.39, 0.29) is 11.4 Å². The minimum atomic E-state index is -0.172. The Morgan fingerprint density at radius 1 is 1.40 bits per heavy atom. The lowest BCUT2D eigenvalue weighted by Crippen LogP contribution is -2.37. The molecule has 0 heterocycles. The first-order valence-electron chi connectivity index (χ1n) is 5.31. The summed E-state index contributed by atoms with van der Waals surface area (Å²) in [5.41, 5.74) is 8.15. The monoisotopic (exact) mass is 205 g/mol. The Hall–Kier alpha value is -1.15. The van der Waals surface area contributed by atoms with Crippen molar-refractivity contribution in [2.45, 2.75) is 31.7 Å². The topological polar surface area (TPSA) is 26.0 Å². The molecule has 0 fully saturated rings. The summed E-state index contributed by atoms with van der Waals surface area (Å²) in [4.78, 5) is 0. The summed E-state index contributed by atoms with van der Waals surface area (Å²) in [5, 5.41) is 0. The zero-order chi connectivity index (χ0) is 10.9. The second kappa shape index (κ2) is 3.78. The Bertz CT molecular complexity index is 393. The molecule has 2 heteroatoms. The molecule has 0 bridgehead atoms. The SMILES string of the molecule is CC1(N)CC=C(c2cccc(F)c2)CC1. The van der Waals surface area contributed by atoms with Crippen LogP contribution in [0.2, 0.25) is 0 Å². The zero-order valence-corrected chi connectivity index (χ0v) is 8.96. The molecule has 1 aromatic rings. The van der Waals surface area contributed by atoms with Crippen molar-refractivity contribution in [3.8, 4) is 0 Å². The molecule has 1 nitrogen and oxygen atoms in total. The van der Waals surface area contributed by atoms with Gasteiger partial charge in [-0.1, -0.05) is 18.2 Å². The van der Waals surface area contributed by atoms with E-state index in [4.69, 9.17) is 5.73 Å². The van der Waals surface area contributed by atoms with Crippen LogP contribution >= 0.6 is 0 Å². The van der Waals surface area contributed by atoms with E-state index in [1.165, 1.54) is 11.6 Å². The van der Waals surface area contributed by atoms with Crippen molar-refractivity contribution < 1.29 is 4.39 Å². The fraction of sp³-hybridized carbons (Fsp3) is 0.385. The average molecular weight is 205 g/mol. The molecule has 2 N–H and O–H groups in total. The summed E-state index contributed by atoms with van der Waals surface area (Å²) in [7, 11) is 0. The lowest BCUT2D eigenvalue weighted by Gasteiger charge is -2.28. The first-order chi connectivity index (χ1) is 7.07. The van der Waals surface area contributed by atoms with Crippen LogP contribution < -0.4 is 5.73 Å². The number of allylic oxidation sites excluding steroid dienone is 1. The van der Waals surface area contributed by atoms with Gasteiger partial charge in [0.05, 0.1) is 0 Å². The molecule has 1 atom stereocenters. The van der Waals surface area contributed by atoms with Gasteiger partial charge in [-0.3, -0.25) is 0 Å². The maximum absolute atomic E-state index is 13.0. The van der Waals surface area contributed by atoms with Crippen molar-refractivity contribution >= 4 is 5.57 Å². The third-order valence-electron chi connectivity index (χ3n) is 2.98. The Morgan fingerprint density at radius 3 is 2.80 bits per heavy atom. The highest BCUT2D eigenvalue weighted by molar-refractivity contribution is 5.66. The molecule has 0 aromatic heterocycles. The van der Waals surface area contributed by atoms with Crippen LogP contribution in [0.25, 0.3) is 5.57 Å². The smallest absolute Gasteiger partial charge is 0.123 e. The van der Waals surface area contributed by atoms with Gasteiger partial charge in [-0.05, 0) is 49.5 Å². The van der Waals surface area contributed by atoms with E-state index in [1.807, 2.05) is 6.07 Å². The van der Waals surface area contributed by atoms with Crippen LogP contribution in [-0.2, 0) is 0 Å². The van der Waals surface area contributed by atoms with Crippen molar-refractivity contribution in [1.29, 1.82) is 0 Å². The van der Waals surface area contributed by atoms with Crippen LogP contribution in [-0.4, -0.2) is 5.54 Å². The van der Waals surface area contributed by atoms with Gasteiger partial charge in [0.2, 0.25) is 0 Å². The minimum absolute atomic E-state index is 0.0865. The molecule has 0 aliphatic heterocycles. The van der Waals surface area contributed by atoms with E-state index >= 15 is 0 Å². The summed E-state index contributed by atoms with van der Waals surface area (Å²) >= 11 is 0. The number of hydrogen-bond acceptors (Lipinski definition) is 1. The molecule has 0 radical (unpaired) electrons. The van der Waals surface area contributed by atoms with Crippen LogP contribution in [0.1, 0.15) is 31.7 Å². The number of benzene rings is 1. The molecule has 15 heavy (non-hydrogen) atoms. The standard InChI is InChI=1S/C13H16FN/c1-13(15)7-5-10(6-8-13)11-3-2-4-12(14)9-11/h2-5,9H,6-8,15H2,1H3. The van der Waals surface area contributed by atoms with Crippen molar-refractivity contribution in [1.82, 2.24) is 0 Å². The van der Waals surface area contributed by atoms with E-state index in [0.29, 0.717) is 0 Å². The summed E-state index contributed by atoms with van der Waals surface area (Å²) in [6.07, 6.45) is 4.92. The first-order valence-corrected chi connectivity index (χ1v) is 5.31. The van der Waals surface area contributed by atoms with Crippen LogP contribution in [0.3, 0.4) is 0 Å². The van der Waals surface area contributed by atoms with E-state index in [0.717, 1.165) is 24.8 Å². The number of rotatable bonds is 1. The highest BCUT2D eigenvalue weighted by Crippen LogP contribution is 2.31. The van der Waals surface area contributed by atoms with E-state index in [2.05, 4.69) is 13.0 Å². The second-order valence-electron chi connectivity index (χ2n) is 4.60. The van der Waals surface area contributed by atoms with E-state index in [9.17, 15) is 4.39 Å². The van der Waals surface area contributed by atoms with Gasteiger partial charge in [0, 0.05) is 5.54 Å². The van der Waals surface area contributed by atoms with Gasteiger partial charge in [-0.15, -0.1) is 0 Å². The molecule has 0 amide bonds. The van der Waals surface area contributed by atoms with Crippen LogP contribution in [0.5, 0.6) is 0 Å². The Labute approximate surface area is 89.8 Å². The second-order valence-corrected chi connectivity index (χ2v) is 4.60. The highest BCUT2D eigenvalue weighted by Gasteiger charge is 2.22. The minimum Gasteiger partial charge on any atom is -0.325 e. The molecule has 1 aromatic carbocycles. The van der Waals surface area contributed by atoms with Crippen LogP contribution in [0.15, 0.2) is 30.3 Å². The van der Waals surface area contributed by atoms with Crippen molar-refractivity contribution in [2.75, 3.05) is 0 Å². The zero-order valence-electron chi connectivity index (χ0n) is 8.96. The lowest BCUT2D eigenvalue weighted by atomic mass is 9.83. The molecule has 0 spiro atoms. The summed E-state index contributed by atoms with van der Waals surface area (Å²) in [5.74, 6) is -0.172. The third-order valence-corrected chi connectivity index (χ3v) is 2.98. The lowest BCUT2D eigenvalue weighted by molar-refractivity contribution is 0.432. The van der Waals surface area contributed by atoms with Crippen LogP contribution in [0.4, 0.5) is 4.39 Å². The van der Waals surface area contributed by atoms with Gasteiger partial charge in [0.1, 0.15) is 5.82 Å². The quantitative estimate of drug-likeness (QED) is 0.749. The third kappa shape index (κ3) is 2.45. The fourth-order valence-corrected chi connectivity index (χ4v) is 1.93. The van der Waals surface area contributed by atoms with Gasteiger partial charge >= 0.3 is 0 Å². The number of nitrogens with two attached hydrogens (primary N) is 1. The first kappa shape index (κ1) is 10.4. The Kier molecular flexibility index (Phi) is 2.61. The molecular weight excluding hydrogens is 189 g/mol. The molecule has 0 saturated carbocycles. The molecule has 2 rings (SSSR count). The average Bonchev–Trinajstić information content (AvgIpc) is 2.17. The molecule has 80 valence electrons. The van der Waals surface area contributed by atoms with Gasteiger partial charge in [-0.2, -0.15) is 0 Å². The summed E-state index contributed by atoms with van der Waals surface area (Å²) in [6.45, 7) is 2.06. The van der Waals surface area contributed by atoms with Crippen molar-refractivity contribution in [3.05, 3.63) is 41.7 Å². The van der Waals surface area contributed by atoms with Gasteiger partial charge in [-0.25, -0.2) is 4.39 Å². The largest absolute Gasteiger partial charge is 0.325 e. The predicted octanol–water partition coefficient (Wildman–Crippen LogP) is 3.11. The van der Waals surface area contributed by atoms with Gasteiger partial charge in [0.15, 0.2) is 0 Å². The highest BCUT2D eigenvalue weighted by atomic mass is 19.1. The molecule has 0 saturated heterocycles. The summed E-state index contributed by atoms with van der Waals surface area (Å²) in [6, 6.07) is 6.76. The molecule has 1 unspecified atom stereocenters. The van der Waals surface area contributed by atoms with Crippen LogP contribution in [0, 0.1) is 5.82 Å². The number of halogens is 1. The van der Waals surface area contributed by atoms with Crippen molar-refractivity contribution in [3.63, 3.8) is 0 Å². The Balaban J connectivity index is 2.23. The summed E-state index contributed by atoms with van der Waals surface area (Å²) < 4.78 is 13.0. The van der Waals surface area contributed by atoms with Crippen molar-refractivity contribution in [2.24, 2.45) is 5.73 Å². The van der Waals surface area contributed by atoms with Gasteiger partial charge < -0.3 is 5.73 Å². The molecular formula is C13H16FN. The van der Waals surface area contributed by atoms with E-state index in [1.54, 1.807) is 12.1 Å². The molecule has 1 aliphatic carbocycles. The van der Waals surface area contributed by atoms with Gasteiger partial charge in [0.25, 0.3) is 0 Å². The maximum Gasteiger partial charge on any atom is 0.123 e. The fourth-order valence-electron chi connectivity index (χ4n) is 1.93. The molecule has 1 aliphatic rings. The van der Waals surface area contributed by atoms with E-state index < -0.39 is 0 Å². The predicted molar refractivity (Wildman–Crippen MR) is 60.8 cm³/mol. The Morgan fingerprint density at radius 2 is 2.20 bits per heavy atom. The normalized spacial score (nSPS) is 26.2.